The van der Waals surface area contributed by atoms with E-state index in [4.69, 9.17) is 10.5 Å². The maximum absolute atomic E-state index is 12.0. The minimum Gasteiger partial charge on any atom is -0.798 e. The Morgan fingerprint density at radius 1 is 1.40 bits per heavy atom. The minimum absolute atomic E-state index is 0.0109. The zero-order valence-electron chi connectivity index (χ0n) is 15.0. The number of hydrogen-bond acceptors (Lipinski definition) is 7. The third-order valence-electron chi connectivity index (χ3n) is 3.79. The Balaban J connectivity index is 2.41. The van der Waals surface area contributed by atoms with Crippen molar-refractivity contribution in [3.05, 3.63) is 22.7 Å². The van der Waals surface area contributed by atoms with Crippen LogP contribution in [0.4, 0.5) is 5.82 Å². The van der Waals surface area contributed by atoms with Gasteiger partial charge in [0.25, 0.3) is 0 Å². The summed E-state index contributed by atoms with van der Waals surface area (Å²) in [5.74, 6) is 0.725. The number of nitrogens with zero attached hydrogens (tertiary/aromatic N) is 2. The monoisotopic (exact) mass is 374 g/mol. The lowest BCUT2D eigenvalue weighted by atomic mass is 10.1. The third kappa shape index (κ3) is 9.16. The molecule has 8 nitrogen and oxygen atoms in total. The zero-order chi connectivity index (χ0) is 18.9. The van der Waals surface area contributed by atoms with Crippen LogP contribution in [0.25, 0.3) is 0 Å². The Hall–Kier alpha value is -1.21. The molecule has 1 aromatic rings. The summed E-state index contributed by atoms with van der Waals surface area (Å²) >= 11 is 0. The lowest BCUT2D eigenvalue weighted by Crippen LogP contribution is -2.32. The molecule has 2 atom stereocenters. The molecule has 0 saturated heterocycles. The van der Waals surface area contributed by atoms with E-state index in [1.807, 2.05) is 0 Å². The normalized spacial score (nSPS) is 15.2. The van der Waals surface area contributed by atoms with Crippen LogP contribution < -0.4 is 16.3 Å². The van der Waals surface area contributed by atoms with Crippen LogP contribution in [-0.4, -0.2) is 39.9 Å². The first kappa shape index (κ1) is 21.8. The lowest BCUT2D eigenvalue weighted by Gasteiger charge is -2.26. The molecule has 1 unspecified atom stereocenters. The Bertz CT molecular complexity index is 620. The molecule has 9 heteroatoms. The second-order valence-electron chi connectivity index (χ2n) is 6.67. The Kier molecular flexibility index (Phi) is 9.35. The molecule has 1 rings (SSSR count). The first-order valence-electron chi connectivity index (χ1n) is 8.58. The molecule has 0 fully saturated rings. The first-order chi connectivity index (χ1) is 11.7. The number of nitrogens with two attached hydrogens (primary N) is 1. The second-order valence-corrected chi connectivity index (χ2v) is 9.00. The predicted molar refractivity (Wildman–Crippen MR) is 95.5 cm³/mol. The van der Waals surface area contributed by atoms with Crippen LogP contribution in [0.1, 0.15) is 39.5 Å². The van der Waals surface area contributed by atoms with E-state index < -0.39 is 32.1 Å². The minimum atomic E-state index is -3.65. The Morgan fingerprint density at radius 2 is 2.12 bits per heavy atom. The standard InChI is InChI=1S/C16H30N3O5P/c1-13(2)6-4-3-5-9-25(22,23)12-24-14(11-20)10-19-8-7-15(17)18-16(19)21/h7-8,13-14,20H,3-6,9-12H2,1-2H3,(H,22,23)(H2,17,18,21)/p-1/t14-/m0/s1. The van der Waals surface area contributed by atoms with Gasteiger partial charge in [0, 0.05) is 13.6 Å². The van der Waals surface area contributed by atoms with E-state index in [-0.39, 0.29) is 18.5 Å². The lowest BCUT2D eigenvalue weighted by molar-refractivity contribution is -0.181. The van der Waals surface area contributed by atoms with E-state index in [2.05, 4.69) is 18.8 Å². The summed E-state index contributed by atoms with van der Waals surface area (Å²) in [6, 6.07) is 1.45. The van der Waals surface area contributed by atoms with E-state index in [0.717, 1.165) is 19.3 Å². The molecule has 0 saturated carbocycles. The maximum atomic E-state index is 12.0. The molecule has 3 N–H and O–H groups in total. The first-order valence-corrected chi connectivity index (χ1v) is 10.6. The van der Waals surface area contributed by atoms with Crippen LogP contribution >= 0.6 is 7.37 Å². The van der Waals surface area contributed by atoms with Crippen molar-refractivity contribution in [3.63, 3.8) is 0 Å². The van der Waals surface area contributed by atoms with Gasteiger partial charge in [-0.1, -0.05) is 33.1 Å². The summed E-state index contributed by atoms with van der Waals surface area (Å²) in [4.78, 5) is 27.3. The summed E-state index contributed by atoms with van der Waals surface area (Å²) < 4.78 is 18.6. The highest BCUT2D eigenvalue weighted by atomic mass is 31.2. The average Bonchev–Trinajstić information content (AvgIpc) is 2.52. The maximum Gasteiger partial charge on any atom is 0.349 e. The molecule has 0 aliphatic carbocycles. The van der Waals surface area contributed by atoms with Crippen LogP contribution in [-0.2, 0) is 15.8 Å². The number of anilines is 1. The van der Waals surface area contributed by atoms with Gasteiger partial charge < -0.3 is 25.0 Å². The van der Waals surface area contributed by atoms with Crippen LogP contribution in [0.15, 0.2) is 17.1 Å². The molecule has 1 heterocycles. The average molecular weight is 374 g/mol. The fourth-order valence-corrected chi connectivity index (χ4v) is 3.60. The van der Waals surface area contributed by atoms with Crippen molar-refractivity contribution in [1.29, 1.82) is 0 Å². The van der Waals surface area contributed by atoms with E-state index in [1.165, 1.54) is 16.8 Å². The van der Waals surface area contributed by atoms with E-state index in [9.17, 15) is 19.4 Å². The van der Waals surface area contributed by atoms with Crippen LogP contribution in [0, 0.1) is 5.92 Å². The fourth-order valence-electron chi connectivity index (χ4n) is 2.33. The number of nitrogen functional groups attached to an aromatic ring is 1. The molecular weight excluding hydrogens is 345 g/mol. The van der Waals surface area contributed by atoms with E-state index in [1.54, 1.807) is 0 Å². The highest BCUT2D eigenvalue weighted by molar-refractivity contribution is 7.56. The summed E-state index contributed by atoms with van der Waals surface area (Å²) in [6.07, 6.45) is 3.88. The smallest absolute Gasteiger partial charge is 0.349 e. The van der Waals surface area contributed by atoms with Crippen molar-refractivity contribution in [2.45, 2.75) is 52.2 Å². The van der Waals surface area contributed by atoms with Crippen molar-refractivity contribution in [1.82, 2.24) is 9.55 Å². The zero-order valence-corrected chi connectivity index (χ0v) is 15.9. The molecule has 0 amide bonds. The fraction of sp³-hybridized carbons (Fsp3) is 0.750. The summed E-state index contributed by atoms with van der Waals surface area (Å²) in [6.45, 7) is 3.90. The summed E-state index contributed by atoms with van der Waals surface area (Å²) in [7, 11) is -3.65. The molecule has 0 aromatic carbocycles. The number of rotatable bonds is 12. The van der Waals surface area contributed by atoms with Gasteiger partial charge in [-0.3, -0.25) is 4.57 Å². The predicted octanol–water partition coefficient (Wildman–Crippen LogP) is 1.02. The van der Waals surface area contributed by atoms with Crippen LogP contribution in [0.3, 0.4) is 0 Å². The number of hydrogen-bond donors (Lipinski definition) is 2. The largest absolute Gasteiger partial charge is 0.798 e. The van der Waals surface area contributed by atoms with Crippen molar-refractivity contribution in [2.24, 2.45) is 5.92 Å². The van der Waals surface area contributed by atoms with Crippen LogP contribution in [0.2, 0.25) is 0 Å². The Labute approximate surface area is 148 Å². The highest BCUT2D eigenvalue weighted by Crippen LogP contribution is 2.37. The highest BCUT2D eigenvalue weighted by Gasteiger charge is 2.15. The molecule has 25 heavy (non-hydrogen) atoms. The van der Waals surface area contributed by atoms with Crippen molar-refractivity contribution in [2.75, 3.05) is 24.9 Å². The molecule has 0 aliphatic heterocycles. The molecule has 0 aliphatic rings. The van der Waals surface area contributed by atoms with Gasteiger partial charge in [0.2, 0.25) is 0 Å². The van der Waals surface area contributed by atoms with Gasteiger partial charge in [0.05, 0.1) is 25.6 Å². The van der Waals surface area contributed by atoms with Gasteiger partial charge in [-0.2, -0.15) is 4.98 Å². The van der Waals surface area contributed by atoms with Gasteiger partial charge in [-0.15, -0.1) is 0 Å². The summed E-state index contributed by atoms with van der Waals surface area (Å²) in [5, 5.41) is 9.35. The summed E-state index contributed by atoms with van der Waals surface area (Å²) in [5.41, 5.74) is 4.84. The van der Waals surface area contributed by atoms with Crippen LogP contribution in [0.5, 0.6) is 0 Å². The number of aliphatic hydroxyl groups is 1. The van der Waals surface area contributed by atoms with Gasteiger partial charge in [0.15, 0.2) is 0 Å². The van der Waals surface area contributed by atoms with Crippen molar-refractivity contribution in [3.8, 4) is 0 Å². The Morgan fingerprint density at radius 3 is 2.72 bits per heavy atom. The van der Waals surface area contributed by atoms with Gasteiger partial charge in [-0.05, 0) is 24.6 Å². The number of aliphatic hydroxyl groups excluding tert-OH is 1. The molecule has 0 radical (unpaired) electrons. The van der Waals surface area contributed by atoms with E-state index in [0.29, 0.717) is 12.3 Å². The second kappa shape index (κ2) is 10.7. The SMILES string of the molecule is CC(C)CCCCCP(=O)([O-])CO[C@H](CO)Cn1ccc(N)nc1=O. The molecule has 1 aromatic heterocycles. The quantitative estimate of drug-likeness (QED) is 0.412. The number of unbranched alkanes of at least 4 members (excludes halogenated alkanes) is 2. The van der Waals surface area contributed by atoms with Crippen molar-refractivity contribution >= 4 is 13.2 Å². The molecule has 0 bridgehead atoms. The molecule has 144 valence electrons. The van der Waals surface area contributed by atoms with Gasteiger partial charge >= 0.3 is 5.69 Å². The third-order valence-corrected chi connectivity index (χ3v) is 5.33. The topological polar surface area (TPSA) is 130 Å². The number of ether oxygens (including phenoxy) is 1. The molecule has 0 spiro atoms. The van der Waals surface area contributed by atoms with Crippen molar-refractivity contribution < 1.29 is 19.3 Å². The molecular formula is C16H29N3O5P-. The van der Waals surface area contributed by atoms with E-state index >= 15 is 0 Å². The van der Waals surface area contributed by atoms with Gasteiger partial charge in [-0.25, -0.2) is 4.79 Å². The number of aromatic nitrogens is 2. The van der Waals surface area contributed by atoms with Gasteiger partial charge in [0.1, 0.15) is 5.82 Å².